The number of carbonyl (C=O) groups is 1. The van der Waals surface area contributed by atoms with Crippen LogP contribution in [0.1, 0.15) is 30.7 Å². The highest BCUT2D eigenvalue weighted by molar-refractivity contribution is 7.98. The van der Waals surface area contributed by atoms with E-state index < -0.39 is 0 Å². The van der Waals surface area contributed by atoms with E-state index in [9.17, 15) is 9.59 Å². The lowest BCUT2D eigenvalue weighted by molar-refractivity contribution is -0.116. The predicted octanol–water partition coefficient (Wildman–Crippen LogP) is 4.14. The Morgan fingerprint density at radius 2 is 1.93 bits per heavy atom. The molecule has 0 atom stereocenters. The van der Waals surface area contributed by atoms with Crippen LogP contribution < -0.4 is 10.9 Å². The van der Waals surface area contributed by atoms with Crippen LogP contribution in [0.3, 0.4) is 0 Å². The molecule has 3 aromatic rings. The number of amides is 1. The lowest BCUT2D eigenvalue weighted by Crippen LogP contribution is -2.28. The van der Waals surface area contributed by atoms with E-state index >= 15 is 0 Å². The van der Waals surface area contributed by atoms with Gasteiger partial charge in [-0.05, 0) is 56.2 Å². The molecule has 2 heterocycles. The van der Waals surface area contributed by atoms with Gasteiger partial charge in [-0.25, -0.2) is 4.98 Å². The Balaban J connectivity index is 2.01. The maximum absolute atomic E-state index is 13.3. The van der Waals surface area contributed by atoms with Crippen molar-refractivity contribution in [2.45, 2.75) is 52.9 Å². The van der Waals surface area contributed by atoms with E-state index in [1.54, 1.807) is 9.13 Å². The highest BCUT2D eigenvalue weighted by atomic mass is 32.2. The smallest absolute Gasteiger partial charge is 0.278 e. The molecule has 1 aromatic carbocycles. The average Bonchev–Trinajstić information content (AvgIpc) is 2.96. The molecule has 0 aliphatic heterocycles. The highest BCUT2D eigenvalue weighted by Gasteiger charge is 2.19. The Morgan fingerprint density at radius 1 is 1.21 bits per heavy atom. The summed E-state index contributed by atoms with van der Waals surface area (Å²) >= 11 is 1.46. The van der Waals surface area contributed by atoms with Gasteiger partial charge in [-0.1, -0.05) is 37.7 Å². The lowest BCUT2D eigenvalue weighted by atomic mass is 10.1. The fourth-order valence-corrected chi connectivity index (χ4v) is 4.02. The van der Waals surface area contributed by atoms with E-state index in [4.69, 9.17) is 0 Å². The van der Waals surface area contributed by atoms with E-state index in [1.807, 2.05) is 51.3 Å². The number of thioether (sulfide) groups is 1. The first-order valence-corrected chi connectivity index (χ1v) is 11.0. The summed E-state index contributed by atoms with van der Waals surface area (Å²) in [5.41, 5.74) is 4.82. The number of nitrogens with zero attached hydrogens (tertiary/aromatic N) is 3. The molecule has 0 saturated carbocycles. The molecule has 154 valence electrons. The number of benzene rings is 1. The van der Waals surface area contributed by atoms with Gasteiger partial charge in [0.25, 0.3) is 5.56 Å². The van der Waals surface area contributed by atoms with Crippen LogP contribution in [0.4, 0.5) is 5.69 Å². The summed E-state index contributed by atoms with van der Waals surface area (Å²) in [4.78, 5) is 30.7. The molecule has 0 aliphatic rings. The zero-order valence-electron chi connectivity index (χ0n) is 17.9. The van der Waals surface area contributed by atoms with Gasteiger partial charge in [0.05, 0.1) is 5.52 Å². The molecule has 0 aliphatic carbocycles. The number of aromatic nitrogens is 3. The molecule has 0 bridgehead atoms. The van der Waals surface area contributed by atoms with E-state index in [1.165, 1.54) is 11.8 Å². The molecule has 2 aromatic heterocycles. The Hall–Kier alpha value is -2.54. The largest absolute Gasteiger partial charge is 0.330 e. The van der Waals surface area contributed by atoms with Crippen molar-refractivity contribution in [3.8, 4) is 0 Å². The van der Waals surface area contributed by atoms with Crippen LogP contribution in [0.25, 0.3) is 11.0 Å². The van der Waals surface area contributed by atoms with Crippen molar-refractivity contribution in [2.75, 3.05) is 11.6 Å². The third-order valence-electron chi connectivity index (χ3n) is 5.09. The number of aryl methyl sites for hydroxylation is 2. The Bertz CT molecular complexity index is 1130. The number of nitrogens with one attached hydrogen (secondary N) is 1. The summed E-state index contributed by atoms with van der Waals surface area (Å²) in [6.07, 6.45) is 1.92. The number of anilines is 1. The maximum Gasteiger partial charge on any atom is 0.278 e. The predicted molar refractivity (Wildman–Crippen MR) is 120 cm³/mol. The third kappa shape index (κ3) is 4.24. The fraction of sp³-hybridized carbons (Fsp3) is 0.409. The van der Waals surface area contributed by atoms with Gasteiger partial charge in [0.15, 0.2) is 5.16 Å². The molecule has 0 radical (unpaired) electrons. The molecular formula is C22H28N4O2S. The number of carbonyl (C=O) groups excluding carboxylic acids is 1. The Labute approximate surface area is 175 Å². The fourth-order valence-electron chi connectivity index (χ4n) is 3.45. The Morgan fingerprint density at radius 3 is 2.59 bits per heavy atom. The van der Waals surface area contributed by atoms with Crippen LogP contribution >= 0.6 is 11.8 Å². The van der Waals surface area contributed by atoms with E-state index in [0.717, 1.165) is 22.5 Å². The second-order valence-corrected chi connectivity index (χ2v) is 8.58. The summed E-state index contributed by atoms with van der Waals surface area (Å²) in [6, 6.07) is 7.71. The van der Waals surface area contributed by atoms with Gasteiger partial charge in [-0.3, -0.25) is 14.2 Å². The van der Waals surface area contributed by atoms with E-state index in [-0.39, 0.29) is 18.0 Å². The average molecular weight is 413 g/mol. The molecule has 29 heavy (non-hydrogen) atoms. The minimum Gasteiger partial charge on any atom is -0.330 e. The van der Waals surface area contributed by atoms with Crippen LogP contribution in [-0.4, -0.2) is 26.3 Å². The summed E-state index contributed by atoms with van der Waals surface area (Å²) < 4.78 is 3.49. The summed E-state index contributed by atoms with van der Waals surface area (Å²) in [6.45, 7) is 10.7. The second kappa shape index (κ2) is 8.45. The molecule has 0 unspecified atom stereocenters. The van der Waals surface area contributed by atoms with Gasteiger partial charge in [0, 0.05) is 17.9 Å². The quantitative estimate of drug-likeness (QED) is 0.488. The zero-order valence-corrected chi connectivity index (χ0v) is 18.7. The van der Waals surface area contributed by atoms with Gasteiger partial charge in [0.2, 0.25) is 5.91 Å². The molecule has 6 nitrogen and oxygen atoms in total. The first-order chi connectivity index (χ1) is 13.7. The molecule has 1 amide bonds. The van der Waals surface area contributed by atoms with E-state index in [2.05, 4.69) is 24.1 Å². The second-order valence-electron chi connectivity index (χ2n) is 7.81. The molecule has 3 rings (SSSR count). The van der Waals surface area contributed by atoms with Crippen LogP contribution in [0, 0.1) is 26.7 Å². The highest BCUT2D eigenvalue weighted by Crippen LogP contribution is 2.21. The summed E-state index contributed by atoms with van der Waals surface area (Å²) in [7, 11) is 0. The SMILES string of the molecule is CSc1nc2cc(C)n(CC(=O)Nc3cccc(C)c3C)c2c(=O)n1CC(C)C. The standard InChI is InChI=1S/C22H28N4O2S/c1-13(2)11-26-21(28)20-18(24-22(26)29-6)10-15(4)25(20)12-19(27)23-17-9-7-8-14(3)16(17)5/h7-10,13H,11-12H2,1-6H3,(H,23,27). The first-order valence-electron chi connectivity index (χ1n) is 9.73. The minimum absolute atomic E-state index is 0.0694. The lowest BCUT2D eigenvalue weighted by Gasteiger charge is -2.15. The summed E-state index contributed by atoms with van der Waals surface area (Å²) in [5, 5.41) is 3.68. The van der Waals surface area contributed by atoms with Crippen LogP contribution in [0.15, 0.2) is 34.2 Å². The van der Waals surface area contributed by atoms with Crippen molar-refractivity contribution in [3.63, 3.8) is 0 Å². The summed E-state index contributed by atoms with van der Waals surface area (Å²) in [5.74, 6) is 0.151. The topological polar surface area (TPSA) is 68.9 Å². The van der Waals surface area contributed by atoms with Crippen molar-refractivity contribution in [1.82, 2.24) is 14.1 Å². The Kier molecular flexibility index (Phi) is 6.17. The molecular weight excluding hydrogens is 384 g/mol. The van der Waals surface area contributed by atoms with Crippen molar-refractivity contribution in [3.05, 3.63) is 51.4 Å². The van der Waals surface area contributed by atoms with Crippen molar-refractivity contribution in [1.29, 1.82) is 0 Å². The maximum atomic E-state index is 13.3. The molecule has 7 heteroatoms. The van der Waals surface area contributed by atoms with Crippen molar-refractivity contribution < 1.29 is 4.79 Å². The van der Waals surface area contributed by atoms with Gasteiger partial charge >= 0.3 is 0 Å². The van der Waals surface area contributed by atoms with Crippen LogP contribution in [-0.2, 0) is 17.9 Å². The van der Waals surface area contributed by atoms with Gasteiger partial charge < -0.3 is 9.88 Å². The monoisotopic (exact) mass is 412 g/mol. The zero-order chi connectivity index (χ0) is 21.3. The number of hydrogen-bond donors (Lipinski definition) is 1. The molecule has 0 spiro atoms. The van der Waals surface area contributed by atoms with Crippen LogP contribution in [0.2, 0.25) is 0 Å². The van der Waals surface area contributed by atoms with Crippen LogP contribution in [0.5, 0.6) is 0 Å². The normalized spacial score (nSPS) is 11.4. The minimum atomic E-state index is -0.164. The molecule has 0 saturated heterocycles. The molecule has 1 N–H and O–H groups in total. The van der Waals surface area contributed by atoms with E-state index in [0.29, 0.717) is 28.7 Å². The number of fused-ring (bicyclic) bond motifs is 1. The molecule has 0 fully saturated rings. The van der Waals surface area contributed by atoms with Gasteiger partial charge in [-0.2, -0.15) is 0 Å². The van der Waals surface area contributed by atoms with Gasteiger partial charge in [0.1, 0.15) is 12.1 Å². The van der Waals surface area contributed by atoms with Crippen molar-refractivity contribution >= 4 is 34.4 Å². The number of rotatable bonds is 6. The number of hydrogen-bond acceptors (Lipinski definition) is 4. The van der Waals surface area contributed by atoms with Gasteiger partial charge in [-0.15, -0.1) is 0 Å². The third-order valence-corrected chi connectivity index (χ3v) is 5.77. The first kappa shape index (κ1) is 21.2. The van der Waals surface area contributed by atoms with Crippen molar-refractivity contribution in [2.24, 2.45) is 5.92 Å².